The number of urea groups is 1. The number of pyridine rings is 1. The second-order valence-corrected chi connectivity index (χ2v) is 6.96. The second kappa shape index (κ2) is 9.43. The van der Waals surface area contributed by atoms with Gasteiger partial charge in [0.2, 0.25) is 0 Å². The molecular weight excluding hydrogens is 434 g/mol. The van der Waals surface area contributed by atoms with E-state index < -0.39 is 23.3 Å². The first-order valence-corrected chi connectivity index (χ1v) is 9.35. The van der Waals surface area contributed by atoms with Crippen LogP contribution in [-0.4, -0.2) is 16.5 Å². The number of hydrazine groups is 1. The zero-order chi connectivity index (χ0) is 21.7. The monoisotopic (exact) mass is 448 g/mol. The van der Waals surface area contributed by atoms with Crippen molar-refractivity contribution in [1.29, 1.82) is 0 Å². The van der Waals surface area contributed by atoms with Gasteiger partial charge in [-0.25, -0.2) is 14.6 Å². The summed E-state index contributed by atoms with van der Waals surface area (Å²) in [5.41, 5.74) is 4.43. The van der Waals surface area contributed by atoms with Crippen molar-refractivity contribution in [3.8, 4) is 0 Å². The van der Waals surface area contributed by atoms with Gasteiger partial charge in [-0.15, -0.1) is 0 Å². The van der Waals surface area contributed by atoms with Gasteiger partial charge >= 0.3 is 6.03 Å². The van der Waals surface area contributed by atoms with E-state index in [2.05, 4.69) is 16.2 Å². The molecule has 1 aromatic heterocycles. The van der Waals surface area contributed by atoms with Crippen LogP contribution in [0.5, 0.6) is 0 Å². The average molecular weight is 449 g/mol. The number of aromatic nitrogens is 1. The number of carbonyl (C=O) groups is 2. The van der Waals surface area contributed by atoms with Gasteiger partial charge in [0, 0.05) is 11.9 Å². The summed E-state index contributed by atoms with van der Waals surface area (Å²) < 4.78 is 14.6. The maximum Gasteiger partial charge on any atom is 0.337 e. The Morgan fingerprint density at radius 3 is 2.50 bits per heavy atom. The van der Waals surface area contributed by atoms with Crippen molar-refractivity contribution >= 4 is 40.8 Å². The fraction of sp³-hybridized carbons (Fsp3) is 0.0500. The van der Waals surface area contributed by atoms with E-state index in [1.54, 1.807) is 6.07 Å². The minimum absolute atomic E-state index is 0.0863. The molecule has 3 N–H and O–H groups in total. The van der Waals surface area contributed by atoms with E-state index in [0.717, 1.165) is 0 Å². The number of anilines is 1. The minimum atomic E-state index is -0.808. The zero-order valence-corrected chi connectivity index (χ0v) is 16.8. The summed E-state index contributed by atoms with van der Waals surface area (Å²) >= 11 is 11.7. The highest BCUT2D eigenvalue weighted by Crippen LogP contribution is 2.24. The standard InChI is InChI=1S/C20H15Cl2FN4O3/c21-16-7-6-14(10-17(16)22)24-20(30)26-25-18(28)15-5-2-8-27(19(15)29)11-12-3-1-4-13(23)9-12/h1-10H,11H2,(H,25,28)(H2,24,26,30). The summed E-state index contributed by atoms with van der Waals surface area (Å²) in [6.07, 6.45) is 1.48. The van der Waals surface area contributed by atoms with Gasteiger partial charge in [-0.1, -0.05) is 35.3 Å². The number of halogens is 3. The summed E-state index contributed by atoms with van der Waals surface area (Å²) in [5, 5.41) is 3.03. The third-order valence-corrected chi connectivity index (χ3v) is 4.71. The molecule has 0 radical (unpaired) electrons. The van der Waals surface area contributed by atoms with E-state index in [9.17, 15) is 18.8 Å². The molecule has 0 atom stereocenters. The molecule has 0 bridgehead atoms. The maximum atomic E-state index is 13.3. The van der Waals surface area contributed by atoms with E-state index in [0.29, 0.717) is 16.3 Å². The van der Waals surface area contributed by atoms with Crippen LogP contribution in [0.2, 0.25) is 10.0 Å². The largest absolute Gasteiger partial charge is 0.337 e. The number of hydrogen-bond donors (Lipinski definition) is 3. The molecule has 154 valence electrons. The van der Waals surface area contributed by atoms with Crippen molar-refractivity contribution in [2.45, 2.75) is 6.54 Å². The van der Waals surface area contributed by atoms with Crippen LogP contribution < -0.4 is 21.7 Å². The quantitative estimate of drug-likeness (QED) is 0.529. The van der Waals surface area contributed by atoms with Crippen LogP contribution in [0.3, 0.4) is 0 Å². The van der Waals surface area contributed by atoms with Crippen molar-refractivity contribution in [3.05, 3.63) is 98.1 Å². The van der Waals surface area contributed by atoms with Gasteiger partial charge < -0.3 is 9.88 Å². The third-order valence-electron chi connectivity index (χ3n) is 3.97. The lowest BCUT2D eigenvalue weighted by atomic mass is 10.2. The van der Waals surface area contributed by atoms with Crippen LogP contribution in [0.15, 0.2) is 65.6 Å². The van der Waals surface area contributed by atoms with Gasteiger partial charge in [0.25, 0.3) is 11.5 Å². The van der Waals surface area contributed by atoms with Gasteiger partial charge in [0.1, 0.15) is 11.4 Å². The summed E-state index contributed by atoms with van der Waals surface area (Å²) in [4.78, 5) is 36.8. The van der Waals surface area contributed by atoms with Crippen molar-refractivity contribution in [3.63, 3.8) is 0 Å². The summed E-state index contributed by atoms with van der Waals surface area (Å²) in [7, 11) is 0. The molecule has 0 aliphatic carbocycles. The molecule has 0 fully saturated rings. The van der Waals surface area contributed by atoms with Crippen LogP contribution in [0.25, 0.3) is 0 Å². The first-order valence-electron chi connectivity index (χ1n) is 8.60. The number of nitrogens with zero attached hydrogens (tertiary/aromatic N) is 1. The molecule has 0 saturated carbocycles. The molecule has 30 heavy (non-hydrogen) atoms. The molecule has 10 heteroatoms. The highest BCUT2D eigenvalue weighted by molar-refractivity contribution is 6.42. The lowest BCUT2D eigenvalue weighted by molar-refractivity contribution is 0.0936. The molecule has 0 spiro atoms. The molecule has 2 aromatic carbocycles. The van der Waals surface area contributed by atoms with Gasteiger partial charge in [-0.05, 0) is 48.0 Å². The van der Waals surface area contributed by atoms with E-state index in [4.69, 9.17) is 23.2 Å². The van der Waals surface area contributed by atoms with E-state index in [1.165, 1.54) is 59.3 Å². The number of nitrogens with one attached hydrogen (secondary N) is 3. The van der Waals surface area contributed by atoms with Crippen molar-refractivity contribution < 1.29 is 14.0 Å². The highest BCUT2D eigenvalue weighted by atomic mass is 35.5. The second-order valence-electron chi connectivity index (χ2n) is 6.15. The molecule has 1 heterocycles. The molecule has 0 unspecified atom stereocenters. The molecule has 0 aliphatic rings. The number of hydrogen-bond acceptors (Lipinski definition) is 3. The topological polar surface area (TPSA) is 92.2 Å². The smallest absolute Gasteiger partial charge is 0.310 e. The van der Waals surface area contributed by atoms with Crippen LogP contribution in [0.1, 0.15) is 15.9 Å². The van der Waals surface area contributed by atoms with Gasteiger partial charge in [-0.2, -0.15) is 0 Å². The Kier molecular flexibility index (Phi) is 6.71. The Bertz CT molecular complexity index is 1170. The Balaban J connectivity index is 1.64. The predicted molar refractivity (Wildman–Crippen MR) is 112 cm³/mol. The van der Waals surface area contributed by atoms with E-state index in [-0.39, 0.29) is 17.1 Å². The van der Waals surface area contributed by atoms with Crippen molar-refractivity contribution in [2.24, 2.45) is 0 Å². The first-order chi connectivity index (χ1) is 14.3. The molecule has 3 aromatic rings. The zero-order valence-electron chi connectivity index (χ0n) is 15.3. The summed E-state index contributed by atoms with van der Waals surface area (Å²) in [6.45, 7) is 0.0863. The average Bonchev–Trinajstić information content (AvgIpc) is 2.70. The van der Waals surface area contributed by atoms with Crippen LogP contribution in [0.4, 0.5) is 14.9 Å². The van der Waals surface area contributed by atoms with Gasteiger partial charge in [0.05, 0.1) is 16.6 Å². The van der Waals surface area contributed by atoms with E-state index in [1.807, 2.05) is 0 Å². The lowest BCUT2D eigenvalue weighted by Crippen LogP contribution is -2.45. The first kappa shape index (κ1) is 21.4. The Morgan fingerprint density at radius 2 is 1.77 bits per heavy atom. The summed E-state index contributed by atoms with van der Waals surface area (Å²) in [5.74, 6) is -1.23. The van der Waals surface area contributed by atoms with Crippen LogP contribution in [-0.2, 0) is 6.54 Å². The third kappa shape index (κ3) is 5.37. The SMILES string of the molecule is O=C(NNC(=O)c1cccn(Cc2cccc(F)c2)c1=O)Nc1ccc(Cl)c(Cl)c1. The molecule has 3 rings (SSSR count). The van der Waals surface area contributed by atoms with E-state index >= 15 is 0 Å². The molecule has 7 nitrogen and oxygen atoms in total. The van der Waals surface area contributed by atoms with Crippen LogP contribution >= 0.6 is 23.2 Å². The Labute approximate surface area is 180 Å². The number of carbonyl (C=O) groups excluding carboxylic acids is 2. The Morgan fingerprint density at radius 1 is 0.967 bits per heavy atom. The van der Waals surface area contributed by atoms with Crippen molar-refractivity contribution in [1.82, 2.24) is 15.4 Å². The Hall–Kier alpha value is -3.36. The molecule has 3 amide bonds. The van der Waals surface area contributed by atoms with Crippen molar-refractivity contribution in [2.75, 3.05) is 5.32 Å². The number of benzene rings is 2. The maximum absolute atomic E-state index is 13.3. The fourth-order valence-electron chi connectivity index (χ4n) is 2.58. The number of rotatable bonds is 4. The molecule has 0 aliphatic heterocycles. The highest BCUT2D eigenvalue weighted by Gasteiger charge is 2.13. The normalized spacial score (nSPS) is 10.4. The van der Waals surface area contributed by atoms with Gasteiger partial charge in [0.15, 0.2) is 0 Å². The summed E-state index contributed by atoms with van der Waals surface area (Å²) in [6, 6.07) is 12.3. The minimum Gasteiger partial charge on any atom is -0.310 e. The molecular formula is C20H15Cl2FN4O3. The lowest BCUT2D eigenvalue weighted by Gasteiger charge is -2.11. The predicted octanol–water partition coefficient (Wildman–Crippen LogP) is 3.81. The molecule has 0 saturated heterocycles. The van der Waals surface area contributed by atoms with Gasteiger partial charge in [-0.3, -0.25) is 15.0 Å². The van der Waals surface area contributed by atoms with Crippen LogP contribution in [0, 0.1) is 5.82 Å². The fourth-order valence-corrected chi connectivity index (χ4v) is 2.88. The number of amides is 3.